The number of halogens is 1. The number of benzene rings is 4. The Morgan fingerprint density at radius 3 is 2.35 bits per heavy atom. The number of fused-ring (bicyclic) bond motifs is 4. The highest BCUT2D eigenvalue weighted by Gasteiger charge is 2.70. The van der Waals surface area contributed by atoms with Gasteiger partial charge in [0.15, 0.2) is 11.5 Å². The van der Waals surface area contributed by atoms with E-state index in [9.17, 15) is 24.6 Å². The lowest BCUT2D eigenvalue weighted by Crippen LogP contribution is -2.53. The molecule has 1 saturated carbocycles. The van der Waals surface area contributed by atoms with Crippen LogP contribution in [0.5, 0.6) is 17.2 Å². The Bertz CT molecular complexity index is 2130. The lowest BCUT2D eigenvalue weighted by atomic mass is 9.49. The Balaban J connectivity index is 1.29. The molecule has 10 heteroatoms. The SMILES string of the molecule is CCOc1cc(C2C3=CCC4C(=O)N(CCc5ccc(O)cc5)C(=O)C4C3CC3C(=O)N(c4cccc(Cl)c4)C(=O)C32c2ccccc2)ccc1O. The van der Waals surface area contributed by atoms with Crippen LogP contribution in [-0.2, 0) is 31.0 Å². The molecule has 4 aliphatic rings. The molecule has 4 amide bonds. The third kappa shape index (κ3) is 5.12. The molecule has 264 valence electrons. The van der Waals surface area contributed by atoms with Gasteiger partial charge >= 0.3 is 0 Å². The summed E-state index contributed by atoms with van der Waals surface area (Å²) in [5.41, 5.74) is 1.94. The number of imide groups is 2. The van der Waals surface area contributed by atoms with Gasteiger partial charge in [0.25, 0.3) is 0 Å². The second-order valence-electron chi connectivity index (χ2n) is 14.0. The van der Waals surface area contributed by atoms with Gasteiger partial charge in [0.2, 0.25) is 23.6 Å². The van der Waals surface area contributed by atoms with Gasteiger partial charge in [0.05, 0.1) is 35.5 Å². The van der Waals surface area contributed by atoms with Crippen LogP contribution in [-0.4, -0.2) is 51.9 Å². The number of ether oxygens (including phenoxy) is 1. The van der Waals surface area contributed by atoms with E-state index in [1.165, 1.54) is 15.9 Å². The molecule has 0 bridgehead atoms. The van der Waals surface area contributed by atoms with Crippen molar-refractivity contribution >= 4 is 40.9 Å². The van der Waals surface area contributed by atoms with E-state index in [0.29, 0.717) is 41.3 Å². The molecular formula is C42H37ClN2O7. The fraction of sp³-hybridized carbons (Fsp3) is 0.286. The molecule has 52 heavy (non-hydrogen) atoms. The number of amides is 4. The first kappa shape index (κ1) is 33.7. The van der Waals surface area contributed by atoms with E-state index in [0.717, 1.165) is 11.1 Å². The zero-order chi connectivity index (χ0) is 36.3. The van der Waals surface area contributed by atoms with Gasteiger partial charge in [-0.25, -0.2) is 4.90 Å². The Morgan fingerprint density at radius 1 is 0.846 bits per heavy atom. The number of allylic oxidation sites excluding steroid dienone is 2. The third-order valence-corrected chi connectivity index (χ3v) is 11.7. The summed E-state index contributed by atoms with van der Waals surface area (Å²) in [6, 6.07) is 27.7. The van der Waals surface area contributed by atoms with Gasteiger partial charge in [-0.05, 0) is 91.3 Å². The zero-order valence-corrected chi connectivity index (χ0v) is 29.2. The summed E-state index contributed by atoms with van der Waals surface area (Å²) in [6.45, 7) is 2.29. The number of aromatic hydroxyl groups is 2. The van der Waals surface area contributed by atoms with Crippen molar-refractivity contribution in [3.63, 3.8) is 0 Å². The van der Waals surface area contributed by atoms with Crippen LogP contribution in [0.1, 0.15) is 42.4 Å². The molecular weight excluding hydrogens is 680 g/mol. The summed E-state index contributed by atoms with van der Waals surface area (Å²) in [6.07, 6.45) is 2.93. The Labute approximate surface area is 306 Å². The van der Waals surface area contributed by atoms with Crippen LogP contribution in [0.4, 0.5) is 5.69 Å². The first-order valence-electron chi connectivity index (χ1n) is 17.6. The number of likely N-dealkylation sites (tertiary alicyclic amines) is 1. The van der Waals surface area contributed by atoms with E-state index >= 15 is 4.79 Å². The van der Waals surface area contributed by atoms with Crippen LogP contribution in [0.15, 0.2) is 109 Å². The molecule has 0 radical (unpaired) electrons. The van der Waals surface area contributed by atoms with Gasteiger partial charge in [-0.2, -0.15) is 0 Å². The largest absolute Gasteiger partial charge is 0.508 e. The Hall–Kier alpha value is -5.41. The van der Waals surface area contributed by atoms with Gasteiger partial charge in [-0.15, -0.1) is 0 Å². The maximum absolute atomic E-state index is 15.4. The zero-order valence-electron chi connectivity index (χ0n) is 28.4. The second-order valence-corrected chi connectivity index (χ2v) is 14.4. The number of carbonyl (C=O) groups is 4. The van der Waals surface area contributed by atoms with Crippen molar-refractivity contribution in [3.8, 4) is 17.2 Å². The Morgan fingerprint density at radius 2 is 1.62 bits per heavy atom. The normalized spacial score (nSPS) is 26.6. The number of nitrogens with zero attached hydrogens (tertiary/aromatic N) is 2. The van der Waals surface area contributed by atoms with Gasteiger partial charge in [0, 0.05) is 17.5 Å². The van der Waals surface area contributed by atoms with Crippen LogP contribution < -0.4 is 9.64 Å². The minimum absolute atomic E-state index is 0.0591. The van der Waals surface area contributed by atoms with Gasteiger partial charge in [-0.1, -0.05) is 77.8 Å². The van der Waals surface area contributed by atoms with Gasteiger partial charge in [0.1, 0.15) is 5.75 Å². The van der Waals surface area contributed by atoms with Crippen molar-refractivity contribution < 1.29 is 34.1 Å². The van der Waals surface area contributed by atoms with E-state index in [-0.39, 0.29) is 42.0 Å². The smallest absolute Gasteiger partial charge is 0.246 e. The van der Waals surface area contributed by atoms with Crippen LogP contribution in [0.3, 0.4) is 0 Å². The van der Waals surface area contributed by atoms with Crippen molar-refractivity contribution in [2.75, 3.05) is 18.1 Å². The molecule has 2 aliphatic heterocycles. The molecule has 2 N–H and O–H groups in total. The fourth-order valence-corrected chi connectivity index (χ4v) is 9.47. The first-order chi connectivity index (χ1) is 25.1. The highest BCUT2D eigenvalue weighted by atomic mass is 35.5. The second kappa shape index (κ2) is 13.0. The molecule has 0 spiro atoms. The highest BCUT2D eigenvalue weighted by molar-refractivity contribution is 6.32. The topological polar surface area (TPSA) is 124 Å². The van der Waals surface area contributed by atoms with E-state index in [2.05, 4.69) is 0 Å². The van der Waals surface area contributed by atoms with E-state index in [1.54, 1.807) is 60.7 Å². The monoisotopic (exact) mass is 716 g/mol. The number of hydrogen-bond donors (Lipinski definition) is 2. The summed E-state index contributed by atoms with van der Waals surface area (Å²) in [5, 5.41) is 20.8. The molecule has 0 aromatic heterocycles. The summed E-state index contributed by atoms with van der Waals surface area (Å²) in [7, 11) is 0. The minimum atomic E-state index is -1.43. The fourth-order valence-electron chi connectivity index (χ4n) is 9.29. The highest BCUT2D eigenvalue weighted by Crippen LogP contribution is 2.64. The number of phenols is 2. The molecule has 3 fully saturated rings. The first-order valence-corrected chi connectivity index (χ1v) is 18.0. The molecule has 2 heterocycles. The number of rotatable bonds is 8. The van der Waals surface area contributed by atoms with E-state index in [4.69, 9.17) is 16.3 Å². The van der Waals surface area contributed by atoms with Crippen LogP contribution >= 0.6 is 11.6 Å². The predicted molar refractivity (Wildman–Crippen MR) is 194 cm³/mol. The average molecular weight is 717 g/mol. The molecule has 8 rings (SSSR count). The molecule has 4 aromatic rings. The number of carbonyl (C=O) groups excluding carboxylic acids is 4. The van der Waals surface area contributed by atoms with Gasteiger partial charge < -0.3 is 14.9 Å². The quantitative estimate of drug-likeness (QED) is 0.157. The van der Waals surface area contributed by atoms with Crippen LogP contribution in [0.2, 0.25) is 5.02 Å². The lowest BCUT2D eigenvalue weighted by Gasteiger charge is -2.50. The number of hydrogen-bond acceptors (Lipinski definition) is 7. The van der Waals surface area contributed by atoms with Crippen molar-refractivity contribution in [2.45, 2.75) is 37.5 Å². The molecule has 2 aliphatic carbocycles. The average Bonchev–Trinajstić information content (AvgIpc) is 3.53. The van der Waals surface area contributed by atoms with Crippen LogP contribution in [0.25, 0.3) is 0 Å². The molecule has 6 atom stereocenters. The molecule has 4 aromatic carbocycles. The lowest BCUT2D eigenvalue weighted by molar-refractivity contribution is -0.140. The van der Waals surface area contributed by atoms with E-state index < -0.39 is 46.8 Å². The summed E-state index contributed by atoms with van der Waals surface area (Å²) in [5.74, 6) is -4.46. The van der Waals surface area contributed by atoms with Crippen molar-refractivity contribution in [1.82, 2.24) is 4.90 Å². The van der Waals surface area contributed by atoms with Crippen LogP contribution in [0, 0.1) is 23.7 Å². The molecule has 6 unspecified atom stereocenters. The maximum Gasteiger partial charge on any atom is 0.246 e. The molecule has 2 saturated heterocycles. The minimum Gasteiger partial charge on any atom is -0.508 e. The standard InChI is InChI=1S/C42H37ClN2O7/c1-2-52-35-21-25(13-18-34(35)47)37-30-16-17-31-36(40(50)44(38(31)48)20-19-24-11-14-29(46)15-12-24)32(30)23-33-39(49)45(28-10-6-9-27(43)22-28)41(51)42(33,37)26-7-4-3-5-8-26/h3-16,18,21-22,31-33,36-37,46-47H,2,17,19-20,23H2,1H3. The van der Waals surface area contributed by atoms with Gasteiger partial charge in [-0.3, -0.25) is 24.1 Å². The molecule has 9 nitrogen and oxygen atoms in total. The number of anilines is 1. The number of phenolic OH excluding ortho intramolecular Hbond substituents is 2. The summed E-state index contributed by atoms with van der Waals surface area (Å²) in [4.78, 5) is 61.2. The Kier molecular flexibility index (Phi) is 8.41. The maximum atomic E-state index is 15.4. The van der Waals surface area contributed by atoms with Crippen molar-refractivity contribution in [2.24, 2.45) is 23.7 Å². The van der Waals surface area contributed by atoms with Crippen molar-refractivity contribution in [1.29, 1.82) is 0 Å². The van der Waals surface area contributed by atoms with Crippen molar-refractivity contribution in [3.05, 3.63) is 130 Å². The third-order valence-electron chi connectivity index (χ3n) is 11.4. The summed E-state index contributed by atoms with van der Waals surface area (Å²) >= 11 is 6.40. The summed E-state index contributed by atoms with van der Waals surface area (Å²) < 4.78 is 5.82. The predicted octanol–water partition coefficient (Wildman–Crippen LogP) is 6.56. The van der Waals surface area contributed by atoms with E-state index in [1.807, 2.05) is 43.3 Å².